The Hall–Kier alpha value is -2.68. The van der Waals surface area contributed by atoms with Crippen molar-refractivity contribution in [3.63, 3.8) is 0 Å². The quantitative estimate of drug-likeness (QED) is 0.601. The van der Waals surface area contributed by atoms with Crippen LogP contribution in [0.2, 0.25) is 0 Å². The Morgan fingerprint density at radius 3 is 2.29 bits per heavy atom. The van der Waals surface area contributed by atoms with E-state index in [2.05, 4.69) is 16.0 Å². The molecule has 0 radical (unpaired) electrons. The lowest BCUT2D eigenvalue weighted by Crippen LogP contribution is -2.34. The molecule has 3 amide bonds. The second-order valence-electron chi connectivity index (χ2n) is 6.18. The maximum atomic E-state index is 12.6. The smallest absolute Gasteiger partial charge is 0.348 e. The van der Waals surface area contributed by atoms with Crippen molar-refractivity contribution in [2.45, 2.75) is 36.8 Å². The minimum absolute atomic E-state index is 0.00729. The fourth-order valence-electron chi connectivity index (χ4n) is 2.28. The van der Waals surface area contributed by atoms with E-state index < -0.39 is 11.4 Å². The molecular weight excluding hydrogens is 391 g/mol. The number of amides is 3. The van der Waals surface area contributed by atoms with E-state index in [-0.39, 0.29) is 40.8 Å². The van der Waals surface area contributed by atoms with Crippen LogP contribution < -0.4 is 16.0 Å². The molecule has 0 bridgehead atoms. The van der Waals surface area contributed by atoms with Gasteiger partial charge in [-0.15, -0.1) is 0 Å². The van der Waals surface area contributed by atoms with Gasteiger partial charge in [0, 0.05) is 23.2 Å². The Balaban J connectivity index is 1.96. The summed E-state index contributed by atoms with van der Waals surface area (Å²) in [4.78, 5) is 23.8. The zero-order valence-electron chi connectivity index (χ0n) is 15.3. The molecule has 0 aliphatic carbocycles. The van der Waals surface area contributed by atoms with E-state index in [1.54, 1.807) is 24.3 Å². The molecule has 5 nitrogen and oxygen atoms in total. The lowest BCUT2D eigenvalue weighted by atomic mass is 10.2. The Bertz CT molecular complexity index is 824. The summed E-state index contributed by atoms with van der Waals surface area (Å²) in [5.74, 6) is -0.592. The van der Waals surface area contributed by atoms with Crippen LogP contribution in [0.3, 0.4) is 0 Å². The van der Waals surface area contributed by atoms with Crippen LogP contribution in [0, 0.1) is 0 Å². The number of halogens is 3. The first kappa shape index (κ1) is 21.6. The predicted octanol–water partition coefficient (Wildman–Crippen LogP) is 4.76. The summed E-state index contributed by atoms with van der Waals surface area (Å²) in [7, 11) is 0. The van der Waals surface area contributed by atoms with Gasteiger partial charge in [-0.3, -0.25) is 4.79 Å². The van der Waals surface area contributed by atoms with Crippen molar-refractivity contribution in [1.29, 1.82) is 0 Å². The molecule has 0 aliphatic heterocycles. The molecule has 0 saturated carbocycles. The van der Waals surface area contributed by atoms with Crippen LogP contribution in [-0.4, -0.2) is 23.5 Å². The number of benzene rings is 2. The molecule has 9 heteroatoms. The summed E-state index contributed by atoms with van der Waals surface area (Å²) < 4.78 is 37.9. The van der Waals surface area contributed by atoms with Crippen molar-refractivity contribution < 1.29 is 22.8 Å². The Morgan fingerprint density at radius 1 is 1.04 bits per heavy atom. The molecule has 0 aromatic heterocycles. The van der Waals surface area contributed by atoms with Crippen molar-refractivity contribution in [1.82, 2.24) is 10.6 Å². The van der Waals surface area contributed by atoms with Crippen molar-refractivity contribution >= 4 is 29.4 Å². The van der Waals surface area contributed by atoms with Crippen molar-refractivity contribution in [2.24, 2.45) is 0 Å². The Morgan fingerprint density at radius 2 is 1.68 bits per heavy atom. The molecule has 0 unspecified atom stereocenters. The molecule has 2 aromatic carbocycles. The summed E-state index contributed by atoms with van der Waals surface area (Å²) in [6.45, 7) is 3.83. The van der Waals surface area contributed by atoms with Crippen molar-refractivity contribution in [3.05, 3.63) is 59.7 Å². The highest BCUT2D eigenvalue weighted by Gasteiger charge is 2.31. The summed E-state index contributed by atoms with van der Waals surface area (Å²) in [5, 5.41) is 7.98. The number of thioether (sulfide) groups is 1. The van der Waals surface area contributed by atoms with Gasteiger partial charge in [-0.25, -0.2) is 4.79 Å². The van der Waals surface area contributed by atoms with E-state index in [1.807, 2.05) is 13.8 Å². The maximum absolute atomic E-state index is 12.6. The molecule has 150 valence electrons. The number of rotatable bonds is 6. The van der Waals surface area contributed by atoms with Gasteiger partial charge in [-0.05, 0) is 55.4 Å². The van der Waals surface area contributed by atoms with Crippen LogP contribution in [0.25, 0.3) is 0 Å². The maximum Gasteiger partial charge on any atom is 0.446 e. The lowest BCUT2D eigenvalue weighted by Gasteiger charge is -2.12. The van der Waals surface area contributed by atoms with Gasteiger partial charge in [0.25, 0.3) is 5.91 Å². The highest BCUT2D eigenvalue weighted by atomic mass is 32.2. The van der Waals surface area contributed by atoms with Crippen LogP contribution in [0.4, 0.5) is 23.7 Å². The van der Waals surface area contributed by atoms with E-state index in [4.69, 9.17) is 0 Å². The number of nitrogens with one attached hydrogen (secondary N) is 3. The molecule has 28 heavy (non-hydrogen) atoms. The SMILES string of the molecule is CC(C)NC(=O)Nc1ccc(CNC(=O)c2ccccc2SC(F)(F)F)cc1. The Labute approximate surface area is 165 Å². The van der Waals surface area contributed by atoms with Gasteiger partial charge in [-0.2, -0.15) is 13.2 Å². The standard InChI is InChI=1S/C19H20F3N3O2S/c1-12(2)24-18(27)25-14-9-7-13(8-10-14)11-23-17(26)15-5-3-4-6-16(15)28-19(20,21)22/h3-10,12H,11H2,1-2H3,(H,23,26)(H2,24,25,27). The molecule has 0 aliphatic rings. The van der Waals surface area contributed by atoms with E-state index in [9.17, 15) is 22.8 Å². The fourth-order valence-corrected chi connectivity index (χ4v) is 2.95. The largest absolute Gasteiger partial charge is 0.446 e. The topological polar surface area (TPSA) is 70.2 Å². The van der Waals surface area contributed by atoms with Gasteiger partial charge < -0.3 is 16.0 Å². The molecule has 0 fully saturated rings. The van der Waals surface area contributed by atoms with Gasteiger partial charge in [0.1, 0.15) is 0 Å². The first-order chi connectivity index (χ1) is 13.1. The van der Waals surface area contributed by atoms with Crippen LogP contribution in [0.5, 0.6) is 0 Å². The molecule has 0 spiro atoms. The molecule has 2 aromatic rings. The third-order valence-electron chi connectivity index (χ3n) is 3.44. The predicted molar refractivity (Wildman–Crippen MR) is 103 cm³/mol. The summed E-state index contributed by atoms with van der Waals surface area (Å²) >= 11 is -0.318. The number of anilines is 1. The van der Waals surface area contributed by atoms with Crippen LogP contribution in [0.1, 0.15) is 29.8 Å². The number of hydrogen-bond donors (Lipinski definition) is 3. The zero-order valence-corrected chi connectivity index (χ0v) is 16.1. The zero-order chi connectivity index (χ0) is 20.7. The molecule has 0 saturated heterocycles. The Kier molecular flexibility index (Phi) is 7.33. The third-order valence-corrected chi connectivity index (χ3v) is 4.25. The summed E-state index contributed by atoms with van der Waals surface area (Å²) in [6, 6.07) is 12.0. The van der Waals surface area contributed by atoms with Gasteiger partial charge in [0.05, 0.1) is 5.56 Å². The van der Waals surface area contributed by atoms with Crippen molar-refractivity contribution in [2.75, 3.05) is 5.32 Å². The summed E-state index contributed by atoms with van der Waals surface area (Å²) in [6.07, 6.45) is 0. The van der Waals surface area contributed by atoms with Crippen LogP contribution in [-0.2, 0) is 6.54 Å². The lowest BCUT2D eigenvalue weighted by molar-refractivity contribution is -0.0328. The minimum Gasteiger partial charge on any atom is -0.348 e. The van der Waals surface area contributed by atoms with Crippen molar-refractivity contribution in [3.8, 4) is 0 Å². The highest BCUT2D eigenvalue weighted by molar-refractivity contribution is 8.00. The fraction of sp³-hybridized carbons (Fsp3) is 0.263. The summed E-state index contributed by atoms with van der Waals surface area (Å²) in [5.41, 5.74) is -3.18. The minimum atomic E-state index is -4.47. The number of carbonyl (C=O) groups is 2. The molecule has 0 heterocycles. The second kappa shape index (κ2) is 9.50. The number of hydrogen-bond acceptors (Lipinski definition) is 3. The average Bonchev–Trinajstić information content (AvgIpc) is 2.59. The van der Waals surface area contributed by atoms with Gasteiger partial charge in [0.15, 0.2) is 0 Å². The van der Waals surface area contributed by atoms with E-state index in [1.165, 1.54) is 24.3 Å². The first-order valence-electron chi connectivity index (χ1n) is 8.43. The second-order valence-corrected chi connectivity index (χ2v) is 7.28. The van der Waals surface area contributed by atoms with E-state index >= 15 is 0 Å². The van der Waals surface area contributed by atoms with Gasteiger partial charge >= 0.3 is 11.5 Å². The molecule has 2 rings (SSSR count). The number of carbonyl (C=O) groups excluding carboxylic acids is 2. The monoisotopic (exact) mass is 411 g/mol. The molecule has 0 atom stereocenters. The normalized spacial score (nSPS) is 11.2. The molecular formula is C19H20F3N3O2S. The average molecular weight is 411 g/mol. The number of alkyl halides is 3. The highest BCUT2D eigenvalue weighted by Crippen LogP contribution is 2.38. The first-order valence-corrected chi connectivity index (χ1v) is 9.25. The third kappa shape index (κ3) is 7.15. The number of urea groups is 1. The van der Waals surface area contributed by atoms with E-state index in [0.29, 0.717) is 5.69 Å². The van der Waals surface area contributed by atoms with Gasteiger partial charge in [0.2, 0.25) is 0 Å². The van der Waals surface area contributed by atoms with Crippen LogP contribution in [0.15, 0.2) is 53.4 Å². The van der Waals surface area contributed by atoms with Crippen LogP contribution >= 0.6 is 11.8 Å². The molecule has 3 N–H and O–H groups in total. The van der Waals surface area contributed by atoms with E-state index in [0.717, 1.165) is 5.56 Å². The van der Waals surface area contributed by atoms with Gasteiger partial charge in [-0.1, -0.05) is 24.3 Å².